The average Bonchev–Trinajstić information content (AvgIpc) is 2.37. The van der Waals surface area contributed by atoms with Gasteiger partial charge in [0.25, 0.3) is 0 Å². The quantitative estimate of drug-likeness (QED) is 0.345. The molecule has 1 amide bonds. The number of halogens is 1. The zero-order chi connectivity index (χ0) is 15.4. The molecule has 1 unspecified atom stereocenters. The van der Waals surface area contributed by atoms with Crippen molar-refractivity contribution in [2.75, 3.05) is 13.1 Å². The number of hydrogen-bond acceptors (Lipinski definition) is 3. The van der Waals surface area contributed by atoms with Gasteiger partial charge in [-0.1, -0.05) is 46.0 Å². The van der Waals surface area contributed by atoms with Gasteiger partial charge in [0.1, 0.15) is 6.17 Å². The van der Waals surface area contributed by atoms with Gasteiger partial charge in [0, 0.05) is 6.54 Å². The predicted octanol–water partition coefficient (Wildman–Crippen LogP) is -0.932. The van der Waals surface area contributed by atoms with Crippen LogP contribution < -0.4 is 34.7 Å². The van der Waals surface area contributed by atoms with Crippen molar-refractivity contribution >= 4 is 11.9 Å². The molecule has 0 spiro atoms. The van der Waals surface area contributed by atoms with Crippen LogP contribution in [0.15, 0.2) is 0 Å². The van der Waals surface area contributed by atoms with E-state index >= 15 is 0 Å². The van der Waals surface area contributed by atoms with E-state index in [9.17, 15) is 19.1 Å². The van der Waals surface area contributed by atoms with Crippen LogP contribution in [-0.2, 0) is 9.59 Å². The Morgan fingerprint density at radius 2 is 1.71 bits per heavy atom. The van der Waals surface area contributed by atoms with E-state index in [4.69, 9.17) is 0 Å². The number of hydrogen-bond donors (Lipinski definition) is 0. The van der Waals surface area contributed by atoms with Gasteiger partial charge in [0.15, 0.2) is 0 Å². The third-order valence-electron chi connectivity index (χ3n) is 3.18. The Balaban J connectivity index is 0. The SMILES string of the molecule is CCCCCCCC(F)CC(=O)N(CCC)CC(=O)[O-].[Na+]. The summed E-state index contributed by atoms with van der Waals surface area (Å²) >= 11 is 0. The molecule has 0 fully saturated rings. The Bertz CT molecular complexity index is 290. The molecule has 1 atom stereocenters. The monoisotopic (exact) mass is 311 g/mol. The minimum atomic E-state index is -1.30. The fraction of sp³-hybridized carbons (Fsp3) is 0.867. The summed E-state index contributed by atoms with van der Waals surface area (Å²) in [6.45, 7) is 3.85. The predicted molar refractivity (Wildman–Crippen MR) is 74.8 cm³/mol. The first-order valence-electron chi connectivity index (χ1n) is 7.62. The second-order valence-electron chi connectivity index (χ2n) is 5.19. The van der Waals surface area contributed by atoms with Gasteiger partial charge < -0.3 is 14.8 Å². The number of rotatable bonds is 12. The summed E-state index contributed by atoms with van der Waals surface area (Å²) in [5.41, 5.74) is 0. The first-order chi connectivity index (χ1) is 9.51. The minimum Gasteiger partial charge on any atom is -0.548 e. The Morgan fingerprint density at radius 1 is 1.10 bits per heavy atom. The Labute approximate surface area is 149 Å². The molecule has 0 N–H and O–H groups in total. The van der Waals surface area contributed by atoms with Crippen molar-refractivity contribution in [2.24, 2.45) is 0 Å². The standard InChI is InChI=1S/C15H28FNO3.Na/c1-3-5-6-7-8-9-13(16)11-14(18)17(10-4-2)12-15(19)20;/h13H,3-12H2,1-2H3,(H,19,20);/q;+1/p-1. The van der Waals surface area contributed by atoms with Crippen molar-refractivity contribution < 1.29 is 48.6 Å². The maximum Gasteiger partial charge on any atom is 1.00 e. The molecular weight excluding hydrogens is 284 g/mol. The number of carboxylic acids is 1. The maximum absolute atomic E-state index is 13.7. The van der Waals surface area contributed by atoms with Crippen LogP contribution in [0.5, 0.6) is 0 Å². The van der Waals surface area contributed by atoms with Crippen molar-refractivity contribution in [3.8, 4) is 0 Å². The maximum atomic E-state index is 13.7. The third-order valence-corrected chi connectivity index (χ3v) is 3.18. The van der Waals surface area contributed by atoms with Crippen molar-refractivity contribution in [1.82, 2.24) is 4.90 Å². The minimum absolute atomic E-state index is 0. The Morgan fingerprint density at radius 3 is 2.24 bits per heavy atom. The van der Waals surface area contributed by atoms with Gasteiger partial charge in [-0.15, -0.1) is 0 Å². The van der Waals surface area contributed by atoms with Crippen LogP contribution in [-0.4, -0.2) is 36.0 Å². The molecule has 0 aromatic rings. The number of amides is 1. The molecule has 0 rings (SSSR count). The molecule has 118 valence electrons. The Hall–Kier alpha value is -0.130. The summed E-state index contributed by atoms with van der Waals surface area (Å²) in [7, 11) is 0. The fourth-order valence-corrected chi connectivity index (χ4v) is 2.11. The first-order valence-corrected chi connectivity index (χ1v) is 7.62. The van der Waals surface area contributed by atoms with E-state index in [1.165, 1.54) is 4.90 Å². The van der Waals surface area contributed by atoms with Gasteiger partial charge in [-0.25, -0.2) is 4.39 Å². The van der Waals surface area contributed by atoms with Crippen LogP contribution in [0, 0.1) is 0 Å². The van der Waals surface area contributed by atoms with Crippen LogP contribution in [0.2, 0.25) is 0 Å². The second kappa shape index (κ2) is 14.8. The first kappa shape index (κ1) is 23.1. The zero-order valence-corrected chi connectivity index (χ0v) is 15.7. The smallest absolute Gasteiger partial charge is 0.548 e. The molecule has 0 radical (unpaired) electrons. The third kappa shape index (κ3) is 13.3. The van der Waals surface area contributed by atoms with Gasteiger partial charge in [0.05, 0.1) is 18.9 Å². The van der Waals surface area contributed by atoms with E-state index in [-0.39, 0.29) is 36.0 Å². The molecule has 0 bridgehead atoms. The van der Waals surface area contributed by atoms with Crippen LogP contribution in [0.4, 0.5) is 4.39 Å². The second-order valence-corrected chi connectivity index (χ2v) is 5.19. The summed E-state index contributed by atoms with van der Waals surface area (Å²) in [6.07, 6.45) is 4.80. The van der Waals surface area contributed by atoms with Crippen LogP contribution in [0.25, 0.3) is 0 Å². The number of alkyl halides is 1. The largest absolute Gasteiger partial charge is 1.00 e. The number of unbranched alkanes of at least 4 members (excludes halogenated alkanes) is 4. The molecule has 0 aliphatic carbocycles. The van der Waals surface area contributed by atoms with E-state index in [0.29, 0.717) is 19.4 Å². The van der Waals surface area contributed by atoms with E-state index in [1.807, 2.05) is 6.92 Å². The molecule has 6 heteroatoms. The molecular formula is C15H27FNNaO3. The molecule has 0 aromatic heterocycles. The van der Waals surface area contributed by atoms with Gasteiger partial charge in [-0.3, -0.25) is 4.79 Å². The zero-order valence-electron chi connectivity index (χ0n) is 13.7. The van der Waals surface area contributed by atoms with Crippen LogP contribution in [0.3, 0.4) is 0 Å². The molecule has 0 saturated carbocycles. The number of carbonyl (C=O) groups excluding carboxylic acids is 2. The molecule has 0 heterocycles. The van der Waals surface area contributed by atoms with Gasteiger partial charge in [-0.2, -0.15) is 0 Å². The fourth-order valence-electron chi connectivity index (χ4n) is 2.11. The summed E-state index contributed by atoms with van der Waals surface area (Å²) in [5, 5.41) is 10.5. The molecule has 0 aliphatic heterocycles. The van der Waals surface area contributed by atoms with Crippen LogP contribution >= 0.6 is 0 Å². The van der Waals surface area contributed by atoms with Crippen LogP contribution in [0.1, 0.15) is 65.2 Å². The van der Waals surface area contributed by atoms with Crippen molar-refractivity contribution in [3.63, 3.8) is 0 Å². The Kier molecular flexibility index (Phi) is 16.3. The van der Waals surface area contributed by atoms with E-state index < -0.39 is 24.6 Å². The summed E-state index contributed by atoms with van der Waals surface area (Å²) in [5.74, 6) is -1.74. The van der Waals surface area contributed by atoms with E-state index in [0.717, 1.165) is 32.1 Å². The summed E-state index contributed by atoms with van der Waals surface area (Å²) < 4.78 is 13.7. The van der Waals surface area contributed by atoms with Crippen molar-refractivity contribution in [1.29, 1.82) is 0 Å². The molecule has 0 aliphatic rings. The molecule has 4 nitrogen and oxygen atoms in total. The van der Waals surface area contributed by atoms with Gasteiger partial charge in [0.2, 0.25) is 5.91 Å². The van der Waals surface area contributed by atoms with E-state index in [1.54, 1.807) is 0 Å². The number of carboxylic acid groups (broad SMARTS) is 1. The number of carbonyl (C=O) groups is 2. The van der Waals surface area contributed by atoms with Gasteiger partial charge >= 0.3 is 29.6 Å². The average molecular weight is 311 g/mol. The molecule has 21 heavy (non-hydrogen) atoms. The van der Waals surface area contributed by atoms with Crippen molar-refractivity contribution in [3.05, 3.63) is 0 Å². The molecule has 0 saturated heterocycles. The van der Waals surface area contributed by atoms with Gasteiger partial charge in [-0.05, 0) is 12.8 Å². The number of aliphatic carboxylic acids is 1. The molecule has 0 aromatic carbocycles. The normalized spacial score (nSPS) is 11.6. The topological polar surface area (TPSA) is 60.4 Å². The van der Waals surface area contributed by atoms with Crippen molar-refractivity contribution in [2.45, 2.75) is 71.4 Å². The van der Waals surface area contributed by atoms with E-state index in [2.05, 4.69) is 6.92 Å². The number of nitrogens with zero attached hydrogens (tertiary/aromatic N) is 1. The summed E-state index contributed by atoms with van der Waals surface area (Å²) in [6, 6.07) is 0. The summed E-state index contributed by atoms with van der Waals surface area (Å²) in [4.78, 5) is 23.5.